The first-order valence-electron chi connectivity index (χ1n) is 5.10. The van der Waals surface area contributed by atoms with Gasteiger partial charge in [0.05, 0.1) is 0 Å². The molecule has 70 valence electrons. The minimum absolute atomic E-state index is 1.00. The van der Waals surface area contributed by atoms with E-state index in [-0.39, 0.29) is 0 Å². The van der Waals surface area contributed by atoms with Gasteiger partial charge in [-0.2, -0.15) is 0 Å². The summed E-state index contributed by atoms with van der Waals surface area (Å²) in [5.74, 6) is 1.02. The molecule has 1 N–H and O–H groups in total. The number of aliphatic hydroxyl groups excluding tert-OH is 1. The van der Waals surface area contributed by atoms with Gasteiger partial charge < -0.3 is 5.11 Å². The van der Waals surface area contributed by atoms with Gasteiger partial charge in [0.1, 0.15) is 0 Å². The number of allylic oxidation sites excluding steroid dienone is 2. The lowest BCUT2D eigenvalue weighted by molar-refractivity contribution is 0.386. The van der Waals surface area contributed by atoms with Gasteiger partial charge in [0.25, 0.3) is 0 Å². The molecule has 0 aromatic rings. The predicted octanol–water partition coefficient (Wildman–Crippen LogP) is 2.90. The molecule has 2 aliphatic rings. The molecule has 2 rings (SSSR count). The summed E-state index contributed by atoms with van der Waals surface area (Å²) in [5.41, 5.74) is 1.79. The van der Waals surface area contributed by atoms with Crippen LogP contribution in [-0.4, -0.2) is 12.2 Å². The van der Waals surface area contributed by atoms with E-state index in [0.717, 1.165) is 13.0 Å². The van der Waals surface area contributed by atoms with Crippen LogP contribution >= 0.6 is 0 Å². The van der Waals surface area contributed by atoms with Crippen LogP contribution < -0.4 is 0 Å². The summed E-state index contributed by atoms with van der Waals surface area (Å²) < 4.78 is 0. The minimum atomic E-state index is 1.00. The third-order valence-electron chi connectivity index (χ3n) is 2.97. The Morgan fingerprint density at radius 3 is 2.17 bits per heavy atom. The van der Waals surface area contributed by atoms with Gasteiger partial charge >= 0.3 is 0 Å². The quantitative estimate of drug-likeness (QED) is 0.597. The fourth-order valence-corrected chi connectivity index (χ4v) is 2.16. The van der Waals surface area contributed by atoms with Gasteiger partial charge in [0, 0.05) is 7.11 Å². The van der Waals surface area contributed by atoms with Crippen LogP contribution in [0, 0.1) is 5.92 Å². The monoisotopic (exact) mass is 168 g/mol. The first-order valence-corrected chi connectivity index (χ1v) is 5.10. The van der Waals surface area contributed by atoms with E-state index in [0.29, 0.717) is 0 Å². The highest BCUT2D eigenvalue weighted by molar-refractivity contribution is 5.16. The number of hydrogen-bond acceptors (Lipinski definition) is 1. The van der Waals surface area contributed by atoms with Crippen molar-refractivity contribution in [2.45, 2.75) is 44.9 Å². The molecular weight excluding hydrogens is 148 g/mol. The van der Waals surface area contributed by atoms with E-state index in [1.54, 1.807) is 5.57 Å². The summed E-state index contributed by atoms with van der Waals surface area (Å²) in [6.07, 6.45) is 12.7. The highest BCUT2D eigenvalue weighted by Crippen LogP contribution is 2.36. The first-order chi connectivity index (χ1) is 5.97. The normalized spacial score (nSPS) is 23.3. The van der Waals surface area contributed by atoms with E-state index in [2.05, 4.69) is 6.08 Å². The van der Waals surface area contributed by atoms with Crippen molar-refractivity contribution in [1.82, 2.24) is 0 Å². The van der Waals surface area contributed by atoms with Crippen LogP contribution in [0.3, 0.4) is 0 Å². The molecule has 12 heavy (non-hydrogen) atoms. The lowest BCUT2D eigenvalue weighted by Gasteiger charge is -2.28. The Balaban J connectivity index is 0.000000336. The third kappa shape index (κ3) is 2.34. The van der Waals surface area contributed by atoms with E-state index in [1.807, 2.05) is 0 Å². The van der Waals surface area contributed by atoms with Gasteiger partial charge in [-0.1, -0.05) is 30.9 Å². The van der Waals surface area contributed by atoms with E-state index in [9.17, 15) is 0 Å². The van der Waals surface area contributed by atoms with Crippen LogP contribution in [-0.2, 0) is 0 Å². The maximum absolute atomic E-state index is 7.00. The summed E-state index contributed by atoms with van der Waals surface area (Å²) in [6.45, 7) is 0. The smallest absolute Gasteiger partial charge is 0.0319 e. The largest absolute Gasteiger partial charge is 0.400 e. The first kappa shape index (κ1) is 9.79. The SMILES string of the molecule is C1=C(C2CCCCC2)CC1.CO. The molecule has 0 bridgehead atoms. The summed E-state index contributed by atoms with van der Waals surface area (Å²) in [6, 6.07) is 0. The van der Waals surface area contributed by atoms with Crippen molar-refractivity contribution in [3.8, 4) is 0 Å². The number of hydrogen-bond donors (Lipinski definition) is 1. The molecule has 0 spiro atoms. The van der Waals surface area contributed by atoms with Gasteiger partial charge in [-0.15, -0.1) is 0 Å². The third-order valence-corrected chi connectivity index (χ3v) is 2.97. The lowest BCUT2D eigenvalue weighted by atomic mass is 9.78. The van der Waals surface area contributed by atoms with Crippen molar-refractivity contribution in [3.63, 3.8) is 0 Å². The Kier molecular flexibility index (Phi) is 4.37. The zero-order chi connectivity index (χ0) is 8.81. The predicted molar refractivity (Wildman–Crippen MR) is 52.0 cm³/mol. The van der Waals surface area contributed by atoms with Gasteiger partial charge in [-0.25, -0.2) is 0 Å². The molecule has 0 amide bonds. The van der Waals surface area contributed by atoms with Crippen LogP contribution in [0.25, 0.3) is 0 Å². The fraction of sp³-hybridized carbons (Fsp3) is 0.818. The van der Waals surface area contributed by atoms with Crippen molar-refractivity contribution in [1.29, 1.82) is 0 Å². The van der Waals surface area contributed by atoms with E-state index in [4.69, 9.17) is 5.11 Å². The zero-order valence-electron chi connectivity index (χ0n) is 8.05. The van der Waals surface area contributed by atoms with E-state index in [1.165, 1.54) is 44.9 Å². The van der Waals surface area contributed by atoms with Crippen LogP contribution in [0.15, 0.2) is 11.6 Å². The van der Waals surface area contributed by atoms with Crippen molar-refractivity contribution in [2.24, 2.45) is 5.92 Å². The van der Waals surface area contributed by atoms with Crippen molar-refractivity contribution in [3.05, 3.63) is 11.6 Å². The standard InChI is InChI=1S/C10H16.CH4O/c1-2-5-9(6-3-1)10-7-4-8-10;1-2/h7,9H,1-6,8H2;2H,1H3. The Morgan fingerprint density at radius 2 is 1.75 bits per heavy atom. The summed E-state index contributed by atoms with van der Waals surface area (Å²) in [7, 11) is 1.00. The van der Waals surface area contributed by atoms with Gasteiger partial charge in [-0.05, 0) is 31.6 Å². The topological polar surface area (TPSA) is 20.2 Å². The molecule has 0 aliphatic heterocycles. The Hall–Kier alpha value is -0.300. The zero-order valence-corrected chi connectivity index (χ0v) is 8.05. The summed E-state index contributed by atoms with van der Waals surface area (Å²) in [4.78, 5) is 0. The Morgan fingerprint density at radius 1 is 1.17 bits per heavy atom. The highest BCUT2D eigenvalue weighted by atomic mass is 16.2. The Labute approximate surface area is 75.5 Å². The van der Waals surface area contributed by atoms with E-state index < -0.39 is 0 Å². The molecule has 1 fully saturated rings. The maximum Gasteiger partial charge on any atom is 0.0319 e. The highest BCUT2D eigenvalue weighted by Gasteiger charge is 2.19. The number of rotatable bonds is 1. The van der Waals surface area contributed by atoms with Gasteiger partial charge in [-0.3, -0.25) is 0 Å². The average molecular weight is 168 g/mol. The second-order valence-corrected chi connectivity index (χ2v) is 3.65. The molecule has 0 unspecified atom stereocenters. The lowest BCUT2D eigenvalue weighted by Crippen LogP contribution is -2.12. The van der Waals surface area contributed by atoms with Crippen molar-refractivity contribution >= 4 is 0 Å². The molecule has 0 radical (unpaired) electrons. The molecule has 0 aromatic heterocycles. The molecule has 0 aromatic carbocycles. The summed E-state index contributed by atoms with van der Waals surface area (Å²) in [5, 5.41) is 7.00. The molecule has 1 saturated carbocycles. The Bertz CT molecular complexity index is 143. The second kappa shape index (κ2) is 5.36. The van der Waals surface area contributed by atoms with Gasteiger partial charge in [0.15, 0.2) is 0 Å². The molecule has 0 saturated heterocycles. The van der Waals surface area contributed by atoms with Crippen LogP contribution in [0.2, 0.25) is 0 Å². The van der Waals surface area contributed by atoms with Crippen molar-refractivity contribution in [2.75, 3.05) is 7.11 Å². The molecule has 2 aliphatic carbocycles. The fourth-order valence-electron chi connectivity index (χ4n) is 2.16. The molecule has 0 atom stereocenters. The second-order valence-electron chi connectivity index (χ2n) is 3.65. The maximum atomic E-state index is 7.00. The molecule has 1 nitrogen and oxygen atoms in total. The minimum Gasteiger partial charge on any atom is -0.400 e. The molecule has 1 heteroatoms. The molecular formula is C11H20O. The van der Waals surface area contributed by atoms with Crippen LogP contribution in [0.4, 0.5) is 0 Å². The average Bonchev–Trinajstić information content (AvgIpc) is 2.07. The van der Waals surface area contributed by atoms with E-state index >= 15 is 0 Å². The van der Waals surface area contributed by atoms with Crippen LogP contribution in [0.5, 0.6) is 0 Å². The van der Waals surface area contributed by atoms with Crippen molar-refractivity contribution < 1.29 is 5.11 Å². The van der Waals surface area contributed by atoms with Crippen LogP contribution in [0.1, 0.15) is 44.9 Å². The summed E-state index contributed by atoms with van der Waals surface area (Å²) >= 11 is 0. The molecule has 0 heterocycles. The van der Waals surface area contributed by atoms with Gasteiger partial charge in [0.2, 0.25) is 0 Å². The number of aliphatic hydroxyl groups is 1.